The zero-order valence-electron chi connectivity index (χ0n) is 22.3. The van der Waals surface area contributed by atoms with Gasteiger partial charge in [-0.3, -0.25) is 4.98 Å². The maximum atomic E-state index is 13.1. The molecule has 0 saturated heterocycles. The van der Waals surface area contributed by atoms with E-state index < -0.39 is 46.1 Å². The molecule has 2 aromatic carbocycles. The lowest BCUT2D eigenvalue weighted by atomic mass is 9.85. The highest BCUT2D eigenvalue weighted by Crippen LogP contribution is 2.37. The SMILES string of the molecule is CC(O)(c1ccc(S(C)(=O)=O)cc1)c1ccc(C(Cc2cc[n+]([O-])cc2)c2ccc(OC(F)F)c(OC(F)F)c2)cn1. The number of benzene rings is 2. The molecule has 0 aliphatic rings. The summed E-state index contributed by atoms with van der Waals surface area (Å²) in [6, 6.07) is 15.9. The molecule has 1 N–H and O–H groups in total. The number of ether oxygens (including phenoxy) is 2. The Morgan fingerprint density at radius 2 is 1.50 bits per heavy atom. The average Bonchev–Trinajstić information content (AvgIpc) is 2.93. The second-order valence-corrected chi connectivity index (χ2v) is 11.6. The highest BCUT2D eigenvalue weighted by atomic mass is 32.2. The molecular formula is C29H26F4N2O6S. The lowest BCUT2D eigenvalue weighted by molar-refractivity contribution is -0.605. The molecule has 0 aliphatic carbocycles. The van der Waals surface area contributed by atoms with Crippen molar-refractivity contribution in [1.29, 1.82) is 0 Å². The van der Waals surface area contributed by atoms with Gasteiger partial charge in [-0.15, -0.1) is 0 Å². The largest absolute Gasteiger partial charge is 0.619 e. The van der Waals surface area contributed by atoms with Gasteiger partial charge in [-0.2, -0.15) is 22.3 Å². The molecule has 2 atom stereocenters. The van der Waals surface area contributed by atoms with Gasteiger partial charge >= 0.3 is 13.2 Å². The van der Waals surface area contributed by atoms with Crippen LogP contribution in [0.1, 0.15) is 40.8 Å². The van der Waals surface area contributed by atoms with E-state index in [1.54, 1.807) is 24.3 Å². The van der Waals surface area contributed by atoms with E-state index in [9.17, 15) is 36.3 Å². The fourth-order valence-corrected chi connectivity index (χ4v) is 5.07. The smallest absolute Gasteiger partial charge is 0.387 e. The maximum absolute atomic E-state index is 13.1. The van der Waals surface area contributed by atoms with Crippen molar-refractivity contribution >= 4 is 9.84 Å². The van der Waals surface area contributed by atoms with Crippen LogP contribution in [-0.2, 0) is 21.9 Å². The summed E-state index contributed by atoms with van der Waals surface area (Å²) >= 11 is 0. The van der Waals surface area contributed by atoms with Crippen LogP contribution in [0.4, 0.5) is 17.6 Å². The first-order chi connectivity index (χ1) is 19.7. The summed E-state index contributed by atoms with van der Waals surface area (Å²) in [5.41, 5.74) is 0.725. The van der Waals surface area contributed by atoms with E-state index >= 15 is 0 Å². The van der Waals surface area contributed by atoms with E-state index in [-0.39, 0.29) is 17.0 Å². The third-order valence-corrected chi connectivity index (χ3v) is 7.77. The van der Waals surface area contributed by atoms with E-state index in [1.165, 1.54) is 61.9 Å². The third-order valence-electron chi connectivity index (χ3n) is 6.65. The van der Waals surface area contributed by atoms with E-state index in [4.69, 9.17) is 0 Å². The van der Waals surface area contributed by atoms with Crippen LogP contribution in [-0.4, -0.2) is 38.0 Å². The van der Waals surface area contributed by atoms with Crippen LogP contribution in [0.2, 0.25) is 0 Å². The molecule has 42 heavy (non-hydrogen) atoms. The number of hydrogen-bond donors (Lipinski definition) is 1. The second kappa shape index (κ2) is 12.3. The summed E-state index contributed by atoms with van der Waals surface area (Å²) in [5.74, 6) is -1.72. The summed E-state index contributed by atoms with van der Waals surface area (Å²) in [5, 5.41) is 22.8. The number of aliphatic hydroxyl groups is 1. The Labute approximate surface area is 239 Å². The van der Waals surface area contributed by atoms with Crippen LogP contribution in [0.3, 0.4) is 0 Å². The predicted octanol–water partition coefficient (Wildman–Crippen LogP) is 4.95. The van der Waals surface area contributed by atoms with Crippen LogP contribution >= 0.6 is 0 Å². The Morgan fingerprint density at radius 3 is 2.05 bits per heavy atom. The Bertz CT molecular complexity index is 1620. The van der Waals surface area contributed by atoms with Gasteiger partial charge in [0, 0.05) is 30.5 Å². The Balaban J connectivity index is 1.72. The fourth-order valence-electron chi connectivity index (χ4n) is 4.44. The Hall–Kier alpha value is -4.23. The molecule has 2 unspecified atom stereocenters. The zero-order valence-corrected chi connectivity index (χ0v) is 23.1. The first-order valence-corrected chi connectivity index (χ1v) is 14.3. The first-order valence-electron chi connectivity index (χ1n) is 12.4. The van der Waals surface area contributed by atoms with Crippen molar-refractivity contribution in [2.45, 2.75) is 43.0 Å². The number of halogens is 4. The summed E-state index contributed by atoms with van der Waals surface area (Å²) < 4.78 is 84.9. The van der Waals surface area contributed by atoms with Gasteiger partial charge in [-0.05, 0) is 65.9 Å². The zero-order chi connectivity index (χ0) is 30.7. The number of rotatable bonds is 11. The van der Waals surface area contributed by atoms with Crippen LogP contribution in [0, 0.1) is 5.21 Å². The van der Waals surface area contributed by atoms with Crippen molar-refractivity contribution in [1.82, 2.24) is 4.98 Å². The lowest BCUT2D eigenvalue weighted by Gasteiger charge is -2.25. The highest BCUT2D eigenvalue weighted by Gasteiger charge is 2.28. The number of alkyl halides is 4. The maximum Gasteiger partial charge on any atom is 0.387 e. The Kier molecular flexibility index (Phi) is 9.02. The van der Waals surface area contributed by atoms with Crippen LogP contribution in [0.25, 0.3) is 0 Å². The standard InChI is InChI=1S/C29H26F4N2O6S/c1-29(36,21-5-7-22(8-6-21)42(2,38)39)26-10-4-20(17-34-26)23(15-18-11-13-35(37)14-12-18)19-3-9-24(40-27(30)31)25(16-19)41-28(32)33/h3-14,16-17,23,27-28,36H,15H2,1-2H3. The molecule has 13 heteroatoms. The lowest BCUT2D eigenvalue weighted by Crippen LogP contribution is -2.24. The molecular weight excluding hydrogens is 580 g/mol. The second-order valence-electron chi connectivity index (χ2n) is 9.63. The van der Waals surface area contributed by atoms with Gasteiger partial charge in [0.15, 0.2) is 33.7 Å². The van der Waals surface area contributed by atoms with Gasteiger partial charge in [-0.25, -0.2) is 8.42 Å². The normalized spacial score (nSPS) is 14.0. The number of hydrogen-bond acceptors (Lipinski definition) is 7. The van der Waals surface area contributed by atoms with Gasteiger partial charge in [-0.1, -0.05) is 24.3 Å². The third kappa shape index (κ3) is 7.34. The van der Waals surface area contributed by atoms with Gasteiger partial charge < -0.3 is 19.8 Å². The molecule has 2 aromatic heterocycles. The molecule has 4 aromatic rings. The highest BCUT2D eigenvalue weighted by molar-refractivity contribution is 7.90. The number of pyridine rings is 2. The topological polar surface area (TPSA) is 113 Å². The molecule has 0 saturated carbocycles. The van der Waals surface area contributed by atoms with Gasteiger partial charge in [0.1, 0.15) is 5.60 Å². The quantitative estimate of drug-likeness (QED) is 0.146. The summed E-state index contributed by atoms with van der Waals surface area (Å²) in [6.07, 6.45) is 5.41. The molecule has 0 spiro atoms. The molecule has 0 fully saturated rings. The van der Waals surface area contributed by atoms with Gasteiger partial charge in [0.2, 0.25) is 0 Å². The molecule has 222 valence electrons. The fraction of sp³-hybridized carbons (Fsp3) is 0.241. The van der Waals surface area contributed by atoms with Crippen molar-refractivity contribution in [2.24, 2.45) is 0 Å². The number of sulfone groups is 1. The van der Waals surface area contributed by atoms with Crippen LogP contribution in [0.15, 0.2) is 90.2 Å². The van der Waals surface area contributed by atoms with E-state index in [2.05, 4.69) is 14.5 Å². The van der Waals surface area contributed by atoms with Crippen molar-refractivity contribution in [2.75, 3.05) is 6.26 Å². The molecule has 2 heterocycles. The molecule has 8 nitrogen and oxygen atoms in total. The van der Waals surface area contributed by atoms with Crippen LogP contribution < -0.4 is 14.2 Å². The van der Waals surface area contributed by atoms with E-state index in [0.29, 0.717) is 27.0 Å². The minimum atomic E-state index is -3.43. The molecule has 0 aliphatic heterocycles. The van der Waals surface area contributed by atoms with Crippen molar-refractivity contribution < 1.29 is 45.3 Å². The molecule has 0 amide bonds. The van der Waals surface area contributed by atoms with E-state index in [0.717, 1.165) is 12.3 Å². The van der Waals surface area contributed by atoms with Crippen LogP contribution in [0.5, 0.6) is 11.5 Å². The van der Waals surface area contributed by atoms with Gasteiger partial charge in [0.05, 0.1) is 10.6 Å². The number of nitrogens with zero attached hydrogens (tertiary/aromatic N) is 2. The average molecular weight is 607 g/mol. The van der Waals surface area contributed by atoms with Crippen molar-refractivity contribution in [3.63, 3.8) is 0 Å². The predicted molar refractivity (Wildman–Crippen MR) is 143 cm³/mol. The van der Waals surface area contributed by atoms with Crippen molar-refractivity contribution in [3.05, 3.63) is 118 Å². The first kappa shape index (κ1) is 30.7. The summed E-state index contributed by atoms with van der Waals surface area (Å²) in [7, 11) is -3.43. The summed E-state index contributed by atoms with van der Waals surface area (Å²) in [6.45, 7) is -5.06. The van der Waals surface area contributed by atoms with E-state index in [1.807, 2.05) is 0 Å². The monoisotopic (exact) mass is 606 g/mol. The van der Waals surface area contributed by atoms with Crippen molar-refractivity contribution in [3.8, 4) is 11.5 Å². The van der Waals surface area contributed by atoms with Gasteiger partial charge in [0.25, 0.3) is 0 Å². The summed E-state index contributed by atoms with van der Waals surface area (Å²) in [4.78, 5) is 4.52. The number of aromatic nitrogens is 2. The minimum Gasteiger partial charge on any atom is -0.619 e. The Morgan fingerprint density at radius 1 is 0.905 bits per heavy atom. The minimum absolute atomic E-state index is 0.0942. The molecule has 0 radical (unpaired) electrons. The molecule has 0 bridgehead atoms. The molecule has 4 rings (SSSR count).